The number of hydrogen-bond acceptors (Lipinski definition) is 2. The minimum atomic E-state index is -0.987. The smallest absolute Gasteiger partial charge is 0.323 e. The van der Waals surface area contributed by atoms with Crippen LogP contribution in [0.2, 0.25) is 0 Å². The van der Waals surface area contributed by atoms with Gasteiger partial charge in [-0.25, -0.2) is 4.79 Å². The molecule has 0 spiro atoms. The minimum absolute atomic E-state index is 0.153. The van der Waals surface area contributed by atoms with E-state index in [0.29, 0.717) is 6.54 Å². The Bertz CT molecular complexity index is 355. The second kappa shape index (κ2) is 6.46. The number of nitrogens with one attached hydrogen (secondary N) is 1. The van der Waals surface area contributed by atoms with Crippen molar-refractivity contribution in [2.75, 3.05) is 13.1 Å². The van der Waals surface area contributed by atoms with E-state index in [2.05, 4.69) is 12.2 Å². The lowest BCUT2D eigenvalue weighted by Crippen LogP contribution is -2.53. The number of carbonyl (C=O) groups excluding carboxylic acids is 1. The molecule has 0 unspecified atom stereocenters. The van der Waals surface area contributed by atoms with Gasteiger partial charge in [0.15, 0.2) is 0 Å². The zero-order valence-corrected chi connectivity index (χ0v) is 13.2. The average molecular weight is 284 g/mol. The van der Waals surface area contributed by atoms with E-state index < -0.39 is 11.5 Å². The molecule has 1 saturated carbocycles. The van der Waals surface area contributed by atoms with Crippen LogP contribution >= 0.6 is 0 Å². The molecular formula is C15H28N2O3. The number of aliphatic carboxylic acids is 1. The maximum Gasteiger partial charge on any atom is 0.323 e. The summed E-state index contributed by atoms with van der Waals surface area (Å²) in [6.07, 6.45) is 5.95. The summed E-state index contributed by atoms with van der Waals surface area (Å²) >= 11 is 0. The van der Waals surface area contributed by atoms with Gasteiger partial charge >= 0.3 is 12.0 Å². The van der Waals surface area contributed by atoms with E-state index >= 15 is 0 Å². The highest BCUT2D eigenvalue weighted by Gasteiger charge is 2.31. The largest absolute Gasteiger partial charge is 0.480 e. The molecule has 0 bridgehead atoms. The van der Waals surface area contributed by atoms with Crippen LogP contribution in [-0.2, 0) is 4.79 Å². The molecule has 2 amide bonds. The summed E-state index contributed by atoms with van der Waals surface area (Å²) in [5.74, 6) is -0.987. The Morgan fingerprint density at radius 3 is 2.20 bits per heavy atom. The fraction of sp³-hybridized carbons (Fsp3) is 0.867. The van der Waals surface area contributed by atoms with E-state index in [9.17, 15) is 9.59 Å². The molecule has 0 aromatic carbocycles. The number of urea groups is 1. The highest BCUT2D eigenvalue weighted by atomic mass is 16.4. The first kappa shape index (κ1) is 16.8. The molecule has 0 atom stereocenters. The summed E-state index contributed by atoms with van der Waals surface area (Å²) in [6, 6.07) is -0.285. The third kappa shape index (κ3) is 5.02. The standard InChI is InChI=1S/C15H28N2O3/c1-14(2,3)17(10-12(18)19)13(20)16-11-15(4)8-6-5-7-9-15/h5-11H2,1-4H3,(H,16,20)(H,18,19). The fourth-order valence-electron chi connectivity index (χ4n) is 2.72. The molecule has 1 rings (SSSR count). The Balaban J connectivity index is 2.59. The van der Waals surface area contributed by atoms with Gasteiger partial charge in [0.2, 0.25) is 0 Å². The van der Waals surface area contributed by atoms with Gasteiger partial charge in [0.25, 0.3) is 0 Å². The van der Waals surface area contributed by atoms with Gasteiger partial charge in [-0.15, -0.1) is 0 Å². The van der Waals surface area contributed by atoms with Crippen LogP contribution in [0.5, 0.6) is 0 Å². The maximum absolute atomic E-state index is 12.3. The third-order valence-electron chi connectivity index (χ3n) is 4.08. The van der Waals surface area contributed by atoms with Crippen molar-refractivity contribution in [3.63, 3.8) is 0 Å². The SMILES string of the molecule is CC1(CNC(=O)N(CC(=O)O)C(C)(C)C)CCCCC1. The van der Waals surface area contributed by atoms with Crippen molar-refractivity contribution >= 4 is 12.0 Å². The van der Waals surface area contributed by atoms with E-state index in [4.69, 9.17) is 5.11 Å². The van der Waals surface area contributed by atoms with E-state index in [1.54, 1.807) is 0 Å². The van der Waals surface area contributed by atoms with Crippen LogP contribution in [-0.4, -0.2) is 40.6 Å². The molecule has 0 heterocycles. The molecule has 0 saturated heterocycles. The normalized spacial score (nSPS) is 18.4. The molecule has 0 radical (unpaired) electrons. The first-order valence-corrected chi connectivity index (χ1v) is 7.41. The zero-order valence-electron chi connectivity index (χ0n) is 13.2. The Hall–Kier alpha value is -1.26. The van der Waals surface area contributed by atoms with Crippen molar-refractivity contribution < 1.29 is 14.7 Å². The van der Waals surface area contributed by atoms with E-state index in [0.717, 1.165) is 12.8 Å². The molecule has 1 aliphatic carbocycles. The number of amides is 2. The molecule has 5 heteroatoms. The lowest BCUT2D eigenvalue weighted by molar-refractivity contribution is -0.138. The molecular weight excluding hydrogens is 256 g/mol. The second-order valence-electron chi connectivity index (χ2n) is 7.18. The Morgan fingerprint density at radius 2 is 1.75 bits per heavy atom. The van der Waals surface area contributed by atoms with Gasteiger partial charge < -0.3 is 15.3 Å². The Labute approximate surface area is 121 Å². The summed E-state index contributed by atoms with van der Waals surface area (Å²) in [6.45, 7) is 8.09. The lowest BCUT2D eigenvalue weighted by atomic mass is 9.76. The molecule has 0 aliphatic heterocycles. The highest BCUT2D eigenvalue weighted by molar-refractivity contribution is 5.80. The first-order chi connectivity index (χ1) is 9.14. The quantitative estimate of drug-likeness (QED) is 0.834. The number of carboxylic acid groups (broad SMARTS) is 1. The van der Waals surface area contributed by atoms with Crippen LogP contribution < -0.4 is 5.32 Å². The van der Waals surface area contributed by atoms with E-state index in [-0.39, 0.29) is 18.0 Å². The summed E-state index contributed by atoms with van der Waals surface area (Å²) in [4.78, 5) is 24.5. The van der Waals surface area contributed by atoms with Crippen molar-refractivity contribution in [1.82, 2.24) is 10.2 Å². The number of carbonyl (C=O) groups is 2. The van der Waals surface area contributed by atoms with E-state index in [1.807, 2.05) is 20.8 Å². The van der Waals surface area contributed by atoms with Crippen LogP contribution in [0.25, 0.3) is 0 Å². The van der Waals surface area contributed by atoms with Crippen molar-refractivity contribution in [3.05, 3.63) is 0 Å². The number of carboxylic acids is 1. The highest BCUT2D eigenvalue weighted by Crippen LogP contribution is 2.35. The van der Waals surface area contributed by atoms with Crippen LogP contribution in [0.4, 0.5) is 4.79 Å². The van der Waals surface area contributed by atoms with Gasteiger partial charge in [0.1, 0.15) is 6.54 Å². The van der Waals surface area contributed by atoms with Crippen LogP contribution in [0.1, 0.15) is 59.8 Å². The Kier molecular flexibility index (Phi) is 5.42. The number of hydrogen-bond donors (Lipinski definition) is 2. The van der Waals surface area contributed by atoms with Crippen molar-refractivity contribution in [3.8, 4) is 0 Å². The van der Waals surface area contributed by atoms with Crippen molar-refractivity contribution in [1.29, 1.82) is 0 Å². The molecule has 0 aromatic rings. The lowest BCUT2D eigenvalue weighted by Gasteiger charge is -2.37. The zero-order chi connectivity index (χ0) is 15.4. The van der Waals surface area contributed by atoms with Crippen molar-refractivity contribution in [2.45, 2.75) is 65.3 Å². The van der Waals surface area contributed by atoms with Crippen molar-refractivity contribution in [2.24, 2.45) is 5.41 Å². The van der Waals surface area contributed by atoms with Gasteiger partial charge in [-0.1, -0.05) is 26.2 Å². The van der Waals surface area contributed by atoms with Crippen LogP contribution in [0.3, 0.4) is 0 Å². The summed E-state index contributed by atoms with van der Waals surface area (Å²) in [7, 11) is 0. The maximum atomic E-state index is 12.3. The fourth-order valence-corrected chi connectivity index (χ4v) is 2.72. The predicted octanol–water partition coefficient (Wildman–Crippen LogP) is 2.85. The van der Waals surface area contributed by atoms with Gasteiger partial charge in [0.05, 0.1) is 0 Å². The van der Waals surface area contributed by atoms with Crippen LogP contribution in [0.15, 0.2) is 0 Å². The molecule has 5 nitrogen and oxygen atoms in total. The molecule has 0 aromatic heterocycles. The second-order valence-corrected chi connectivity index (χ2v) is 7.18. The number of nitrogens with zero attached hydrogens (tertiary/aromatic N) is 1. The monoisotopic (exact) mass is 284 g/mol. The van der Waals surface area contributed by atoms with Gasteiger partial charge in [-0.3, -0.25) is 4.79 Å². The minimum Gasteiger partial charge on any atom is -0.480 e. The van der Waals surface area contributed by atoms with Gasteiger partial charge in [-0.05, 0) is 39.0 Å². The summed E-state index contributed by atoms with van der Waals surface area (Å²) in [5, 5.41) is 11.9. The topological polar surface area (TPSA) is 69.6 Å². The van der Waals surface area contributed by atoms with E-state index in [1.165, 1.54) is 24.2 Å². The molecule has 1 aliphatic rings. The Morgan fingerprint density at radius 1 is 1.20 bits per heavy atom. The molecule has 1 fully saturated rings. The van der Waals surface area contributed by atoms with Gasteiger partial charge in [-0.2, -0.15) is 0 Å². The molecule has 116 valence electrons. The van der Waals surface area contributed by atoms with Gasteiger partial charge in [0, 0.05) is 12.1 Å². The van der Waals surface area contributed by atoms with Crippen LogP contribution in [0, 0.1) is 5.41 Å². The summed E-state index contributed by atoms with van der Waals surface area (Å²) in [5.41, 5.74) is -0.351. The predicted molar refractivity (Wildman–Crippen MR) is 78.7 cm³/mol. The number of rotatable bonds is 4. The third-order valence-corrected chi connectivity index (χ3v) is 4.08. The average Bonchev–Trinajstić information content (AvgIpc) is 2.33. The molecule has 2 N–H and O–H groups in total. The first-order valence-electron chi connectivity index (χ1n) is 7.41. The summed E-state index contributed by atoms with van der Waals surface area (Å²) < 4.78 is 0. The molecule has 20 heavy (non-hydrogen) atoms.